The van der Waals surface area contributed by atoms with Gasteiger partial charge in [-0.2, -0.15) is 0 Å². The number of amides is 1. The molecule has 0 radical (unpaired) electrons. The van der Waals surface area contributed by atoms with Gasteiger partial charge >= 0.3 is 5.97 Å². The van der Waals surface area contributed by atoms with Crippen LogP contribution in [0.25, 0.3) is 0 Å². The van der Waals surface area contributed by atoms with Crippen molar-refractivity contribution in [2.75, 3.05) is 13.4 Å². The van der Waals surface area contributed by atoms with Crippen LogP contribution >= 0.6 is 0 Å². The van der Waals surface area contributed by atoms with Crippen LogP contribution in [0.15, 0.2) is 42.5 Å². The van der Waals surface area contributed by atoms with Crippen molar-refractivity contribution in [1.82, 2.24) is 5.32 Å². The molecule has 0 spiro atoms. The molecule has 1 aliphatic rings. The van der Waals surface area contributed by atoms with Gasteiger partial charge in [-0.1, -0.05) is 25.8 Å². The van der Waals surface area contributed by atoms with Gasteiger partial charge in [0.2, 0.25) is 6.79 Å². The van der Waals surface area contributed by atoms with E-state index in [2.05, 4.69) is 12.2 Å². The van der Waals surface area contributed by atoms with Gasteiger partial charge in [0.15, 0.2) is 17.6 Å². The molecule has 0 fully saturated rings. The predicted molar refractivity (Wildman–Crippen MR) is 111 cm³/mol. The van der Waals surface area contributed by atoms with Gasteiger partial charge in [-0.05, 0) is 55.3 Å². The number of carbonyl (C=O) groups excluding carboxylic acids is 2. The number of carbonyl (C=O) groups is 2. The summed E-state index contributed by atoms with van der Waals surface area (Å²) in [5, 5.41) is 2.76. The fraction of sp³-hybridized carbons (Fsp3) is 0.391. The molecule has 7 heteroatoms. The molecule has 0 aliphatic carbocycles. The van der Waals surface area contributed by atoms with E-state index in [1.807, 2.05) is 12.1 Å². The molecule has 7 nitrogen and oxygen atoms in total. The molecule has 30 heavy (non-hydrogen) atoms. The maximum atomic E-state index is 12.3. The summed E-state index contributed by atoms with van der Waals surface area (Å²) < 4.78 is 21.5. The minimum Gasteiger partial charge on any atom is -0.494 e. The smallest absolute Gasteiger partial charge is 0.338 e. The summed E-state index contributed by atoms with van der Waals surface area (Å²) in [4.78, 5) is 24.6. The Balaban J connectivity index is 1.44. The number of unbranched alkanes of at least 4 members (excludes halogenated alkanes) is 2. The lowest BCUT2D eigenvalue weighted by Gasteiger charge is -2.14. The first-order valence-electron chi connectivity index (χ1n) is 10.2. The summed E-state index contributed by atoms with van der Waals surface area (Å²) in [5.74, 6) is 1.11. The van der Waals surface area contributed by atoms with Crippen LogP contribution in [-0.4, -0.2) is 31.4 Å². The van der Waals surface area contributed by atoms with E-state index in [0.717, 1.165) is 24.8 Å². The SMILES string of the molecule is CCCCCOc1ccc(C(=O)O[C@H](C)C(=O)NCc2ccc3c(c2)OCO3)cc1. The lowest BCUT2D eigenvalue weighted by Crippen LogP contribution is -2.35. The molecule has 1 aliphatic heterocycles. The van der Waals surface area contributed by atoms with Crippen molar-refractivity contribution < 1.29 is 28.5 Å². The van der Waals surface area contributed by atoms with Gasteiger partial charge in [0.05, 0.1) is 12.2 Å². The molecule has 1 atom stereocenters. The summed E-state index contributed by atoms with van der Waals surface area (Å²) in [6, 6.07) is 12.2. The molecule has 0 unspecified atom stereocenters. The second-order valence-electron chi connectivity index (χ2n) is 7.03. The molecule has 2 aromatic carbocycles. The Morgan fingerprint density at radius 2 is 1.83 bits per heavy atom. The van der Waals surface area contributed by atoms with Gasteiger partial charge in [0.1, 0.15) is 5.75 Å². The third-order valence-corrected chi connectivity index (χ3v) is 4.66. The number of fused-ring (bicyclic) bond motifs is 1. The van der Waals surface area contributed by atoms with Crippen molar-refractivity contribution >= 4 is 11.9 Å². The van der Waals surface area contributed by atoms with Crippen molar-refractivity contribution in [3.05, 3.63) is 53.6 Å². The van der Waals surface area contributed by atoms with Crippen molar-refractivity contribution in [3.63, 3.8) is 0 Å². The zero-order valence-electron chi connectivity index (χ0n) is 17.3. The Labute approximate surface area is 176 Å². The monoisotopic (exact) mass is 413 g/mol. The van der Waals surface area contributed by atoms with E-state index >= 15 is 0 Å². The van der Waals surface area contributed by atoms with Crippen LogP contribution in [-0.2, 0) is 16.1 Å². The molecule has 0 bridgehead atoms. The summed E-state index contributed by atoms with van der Waals surface area (Å²) >= 11 is 0. The average Bonchev–Trinajstić information content (AvgIpc) is 3.23. The number of nitrogens with one attached hydrogen (secondary N) is 1. The van der Waals surface area contributed by atoms with Gasteiger partial charge in [-0.25, -0.2) is 4.79 Å². The highest BCUT2D eigenvalue weighted by molar-refractivity contribution is 5.92. The van der Waals surface area contributed by atoms with E-state index < -0.39 is 12.1 Å². The Hall–Kier alpha value is -3.22. The standard InChI is InChI=1S/C23H27NO6/c1-3-4-5-12-27-19-9-7-18(8-10-19)23(26)30-16(2)22(25)24-14-17-6-11-20-21(13-17)29-15-28-20/h6-11,13,16H,3-5,12,14-15H2,1-2H3,(H,24,25)/t16-/m1/s1. The Kier molecular flexibility index (Phi) is 7.54. The van der Waals surface area contributed by atoms with Crippen LogP contribution in [0.1, 0.15) is 49.0 Å². The summed E-state index contributed by atoms with van der Waals surface area (Å²) in [5.41, 5.74) is 1.23. The summed E-state index contributed by atoms with van der Waals surface area (Å²) in [6.07, 6.45) is 2.34. The second kappa shape index (κ2) is 10.5. The third kappa shape index (κ3) is 5.89. The Bertz CT molecular complexity index is 864. The minimum absolute atomic E-state index is 0.199. The van der Waals surface area contributed by atoms with Gasteiger partial charge in [-0.3, -0.25) is 4.79 Å². The van der Waals surface area contributed by atoms with Gasteiger partial charge in [0.25, 0.3) is 5.91 Å². The van der Waals surface area contributed by atoms with Crippen LogP contribution in [0.3, 0.4) is 0 Å². The number of benzene rings is 2. The van der Waals surface area contributed by atoms with E-state index in [1.54, 1.807) is 30.3 Å². The summed E-state index contributed by atoms with van der Waals surface area (Å²) in [7, 11) is 0. The van der Waals surface area contributed by atoms with Crippen LogP contribution < -0.4 is 19.5 Å². The molecule has 1 N–H and O–H groups in total. The first-order chi connectivity index (χ1) is 14.6. The van der Waals surface area contributed by atoms with E-state index in [1.165, 1.54) is 6.92 Å². The molecule has 2 aromatic rings. The molecular weight excluding hydrogens is 386 g/mol. The van der Waals surface area contributed by atoms with Crippen molar-refractivity contribution in [2.45, 2.75) is 45.8 Å². The van der Waals surface area contributed by atoms with E-state index in [-0.39, 0.29) is 12.7 Å². The number of hydrogen-bond acceptors (Lipinski definition) is 6. The zero-order valence-corrected chi connectivity index (χ0v) is 17.3. The van der Waals surface area contributed by atoms with Crippen molar-refractivity contribution in [3.8, 4) is 17.2 Å². The van der Waals surface area contributed by atoms with Gasteiger partial charge in [-0.15, -0.1) is 0 Å². The molecule has 1 heterocycles. The highest BCUT2D eigenvalue weighted by atomic mass is 16.7. The lowest BCUT2D eigenvalue weighted by molar-refractivity contribution is -0.129. The maximum Gasteiger partial charge on any atom is 0.338 e. The van der Waals surface area contributed by atoms with Gasteiger partial charge < -0.3 is 24.3 Å². The number of esters is 1. The molecule has 160 valence electrons. The first-order valence-corrected chi connectivity index (χ1v) is 10.2. The van der Waals surface area contributed by atoms with E-state index in [4.69, 9.17) is 18.9 Å². The molecule has 1 amide bonds. The largest absolute Gasteiger partial charge is 0.494 e. The molecule has 0 saturated carbocycles. The van der Waals surface area contributed by atoms with E-state index in [0.29, 0.717) is 36.0 Å². The van der Waals surface area contributed by atoms with Gasteiger partial charge in [0, 0.05) is 6.54 Å². The number of hydrogen-bond donors (Lipinski definition) is 1. The van der Waals surface area contributed by atoms with Crippen molar-refractivity contribution in [1.29, 1.82) is 0 Å². The first kappa shape index (κ1) is 21.5. The molecule has 0 saturated heterocycles. The quantitative estimate of drug-likeness (QED) is 0.471. The number of ether oxygens (including phenoxy) is 4. The number of rotatable bonds is 10. The minimum atomic E-state index is -0.920. The van der Waals surface area contributed by atoms with Crippen LogP contribution in [0.2, 0.25) is 0 Å². The highest BCUT2D eigenvalue weighted by Gasteiger charge is 2.19. The Morgan fingerprint density at radius 1 is 1.07 bits per heavy atom. The summed E-state index contributed by atoms with van der Waals surface area (Å²) in [6.45, 7) is 4.82. The van der Waals surface area contributed by atoms with Crippen LogP contribution in [0.5, 0.6) is 17.2 Å². The zero-order chi connectivity index (χ0) is 21.3. The molecule has 3 rings (SSSR count). The lowest BCUT2D eigenvalue weighted by atomic mass is 10.2. The second-order valence-corrected chi connectivity index (χ2v) is 7.03. The maximum absolute atomic E-state index is 12.3. The highest BCUT2D eigenvalue weighted by Crippen LogP contribution is 2.32. The van der Waals surface area contributed by atoms with Crippen LogP contribution in [0.4, 0.5) is 0 Å². The Morgan fingerprint density at radius 3 is 2.60 bits per heavy atom. The van der Waals surface area contributed by atoms with Crippen molar-refractivity contribution in [2.24, 2.45) is 0 Å². The normalized spacial score (nSPS) is 12.9. The fourth-order valence-corrected chi connectivity index (χ4v) is 2.90. The van der Waals surface area contributed by atoms with Crippen LogP contribution in [0, 0.1) is 0 Å². The van der Waals surface area contributed by atoms with E-state index in [9.17, 15) is 9.59 Å². The third-order valence-electron chi connectivity index (χ3n) is 4.66. The fourth-order valence-electron chi connectivity index (χ4n) is 2.90. The predicted octanol–water partition coefficient (Wildman–Crippen LogP) is 3.85. The topological polar surface area (TPSA) is 83.1 Å². The molecule has 0 aromatic heterocycles. The molecular formula is C23H27NO6. The average molecular weight is 413 g/mol.